The lowest BCUT2D eigenvalue weighted by Crippen LogP contribution is -2.24. The normalized spacial score (nSPS) is 11.8. The highest BCUT2D eigenvalue weighted by molar-refractivity contribution is 5.86. The van der Waals surface area contributed by atoms with Crippen molar-refractivity contribution in [1.82, 2.24) is 14.9 Å². The number of benzene rings is 1. The van der Waals surface area contributed by atoms with Gasteiger partial charge in [0, 0.05) is 55.0 Å². The van der Waals surface area contributed by atoms with E-state index in [1.54, 1.807) is 12.1 Å². The first-order valence-electron chi connectivity index (χ1n) is 10.7. The summed E-state index contributed by atoms with van der Waals surface area (Å²) in [6.07, 6.45) is 5.63. The second-order valence-electron chi connectivity index (χ2n) is 5.77. The minimum Gasteiger partial charge on any atom is -0.344 e. The molecular weight excluding hydrogens is 349 g/mol. The summed E-state index contributed by atoms with van der Waals surface area (Å²) in [5.41, 5.74) is 5.04. The number of hydrogen-bond donors (Lipinski definition) is 1. The predicted octanol–water partition coefficient (Wildman–Crippen LogP) is 6.14. The van der Waals surface area contributed by atoms with Crippen molar-refractivity contribution < 1.29 is 4.39 Å². The van der Waals surface area contributed by atoms with Crippen molar-refractivity contribution in [3.8, 4) is 0 Å². The molecule has 0 saturated carbocycles. The van der Waals surface area contributed by atoms with E-state index >= 15 is 0 Å². The lowest BCUT2D eigenvalue weighted by molar-refractivity contribution is 0.594. The van der Waals surface area contributed by atoms with E-state index in [-0.39, 0.29) is 5.82 Å². The highest BCUT2D eigenvalue weighted by atomic mass is 19.1. The van der Waals surface area contributed by atoms with Gasteiger partial charge in [0.15, 0.2) is 0 Å². The monoisotopic (exact) mass is 385 g/mol. The molecule has 0 spiro atoms. The van der Waals surface area contributed by atoms with Crippen LogP contribution in [0.1, 0.15) is 58.4 Å². The molecule has 1 aromatic carbocycles. The Morgan fingerprint density at radius 2 is 1.68 bits per heavy atom. The number of rotatable bonds is 3. The average Bonchev–Trinajstić information content (AvgIpc) is 3.10. The molecule has 0 aliphatic carbocycles. The molecule has 0 atom stereocenters. The van der Waals surface area contributed by atoms with E-state index in [0.29, 0.717) is 0 Å². The Hall–Kier alpha value is -2.20. The molecule has 0 amide bonds. The molecule has 0 unspecified atom stereocenters. The minimum atomic E-state index is -0.160. The van der Waals surface area contributed by atoms with Gasteiger partial charge in [0.25, 0.3) is 0 Å². The highest BCUT2D eigenvalue weighted by Gasteiger charge is 2.19. The third kappa shape index (κ3) is 5.65. The van der Waals surface area contributed by atoms with Gasteiger partial charge in [0.1, 0.15) is 5.82 Å². The largest absolute Gasteiger partial charge is 0.344 e. The van der Waals surface area contributed by atoms with E-state index in [0.717, 1.165) is 43.4 Å². The summed E-state index contributed by atoms with van der Waals surface area (Å²) in [4.78, 5) is 4.06. The maximum absolute atomic E-state index is 13.6. The molecule has 0 bridgehead atoms. The minimum absolute atomic E-state index is 0.160. The van der Waals surface area contributed by atoms with E-state index < -0.39 is 0 Å². The number of aryl methyl sites for hydroxylation is 2. The van der Waals surface area contributed by atoms with Crippen molar-refractivity contribution in [2.24, 2.45) is 0 Å². The van der Waals surface area contributed by atoms with Gasteiger partial charge in [-0.3, -0.25) is 4.98 Å². The highest BCUT2D eigenvalue weighted by Crippen LogP contribution is 2.29. The second-order valence-corrected chi connectivity index (χ2v) is 5.77. The lowest BCUT2D eigenvalue weighted by Gasteiger charge is -2.17. The van der Waals surface area contributed by atoms with Crippen LogP contribution in [0.15, 0.2) is 42.7 Å². The Bertz CT molecular complexity index is 810. The topological polar surface area (TPSA) is 29.9 Å². The Labute approximate surface area is 170 Å². The van der Waals surface area contributed by atoms with Crippen LogP contribution in [0.3, 0.4) is 0 Å². The molecule has 28 heavy (non-hydrogen) atoms. The smallest absolute Gasteiger partial charge is 0.123 e. The summed E-state index contributed by atoms with van der Waals surface area (Å²) in [7, 11) is 0. The molecule has 1 aliphatic rings. The van der Waals surface area contributed by atoms with Crippen LogP contribution in [0.4, 0.5) is 4.39 Å². The molecule has 0 saturated heterocycles. The Kier molecular flexibility index (Phi) is 11.1. The van der Waals surface area contributed by atoms with E-state index in [1.807, 2.05) is 60.0 Å². The first-order valence-corrected chi connectivity index (χ1v) is 10.7. The molecule has 3 nitrogen and oxygen atoms in total. The molecule has 4 heteroatoms. The third-order valence-corrected chi connectivity index (χ3v) is 4.46. The maximum Gasteiger partial charge on any atom is 0.123 e. The zero-order valence-corrected chi connectivity index (χ0v) is 18.3. The fraction of sp³-hybridized carbons (Fsp3) is 0.458. The van der Waals surface area contributed by atoms with Crippen molar-refractivity contribution in [1.29, 1.82) is 0 Å². The maximum atomic E-state index is 13.6. The fourth-order valence-electron chi connectivity index (χ4n) is 3.40. The van der Waals surface area contributed by atoms with Gasteiger partial charge in [-0.05, 0) is 47.9 Å². The van der Waals surface area contributed by atoms with Crippen LogP contribution in [0.25, 0.3) is 10.9 Å². The van der Waals surface area contributed by atoms with Crippen molar-refractivity contribution in [3.05, 3.63) is 65.4 Å². The standard InChI is InChI=1S/C18H18FN3.3C2H6/c19-14-1-2-17-15(11-14)16-12-21-9-5-18(16)22(17)10-6-13-3-7-20-8-4-13;3*1-2/h1-4,7-8,11,21H,5-6,9-10,12H2;3*1-2H3. The number of fused-ring (bicyclic) bond motifs is 3. The number of pyridine rings is 1. The molecule has 3 aromatic rings. The summed E-state index contributed by atoms with van der Waals surface area (Å²) in [5, 5.41) is 4.45. The van der Waals surface area contributed by atoms with Gasteiger partial charge < -0.3 is 9.88 Å². The average molecular weight is 386 g/mol. The van der Waals surface area contributed by atoms with Gasteiger partial charge in [-0.2, -0.15) is 0 Å². The summed E-state index contributed by atoms with van der Waals surface area (Å²) >= 11 is 0. The number of nitrogens with one attached hydrogen (secondary N) is 1. The molecule has 154 valence electrons. The summed E-state index contributed by atoms with van der Waals surface area (Å²) in [6, 6.07) is 9.25. The van der Waals surface area contributed by atoms with Gasteiger partial charge in [0.2, 0.25) is 0 Å². The van der Waals surface area contributed by atoms with Gasteiger partial charge in [-0.15, -0.1) is 0 Å². The van der Waals surface area contributed by atoms with Crippen LogP contribution < -0.4 is 5.32 Å². The second kappa shape index (κ2) is 13.1. The van der Waals surface area contributed by atoms with E-state index in [1.165, 1.54) is 16.8 Å². The van der Waals surface area contributed by atoms with Crippen LogP contribution in [0.5, 0.6) is 0 Å². The van der Waals surface area contributed by atoms with Crippen LogP contribution in [0.2, 0.25) is 0 Å². The van der Waals surface area contributed by atoms with Gasteiger partial charge in [0.05, 0.1) is 0 Å². The zero-order valence-electron chi connectivity index (χ0n) is 18.3. The van der Waals surface area contributed by atoms with E-state index in [2.05, 4.69) is 27.0 Å². The third-order valence-electron chi connectivity index (χ3n) is 4.46. The van der Waals surface area contributed by atoms with Crippen LogP contribution in [0, 0.1) is 5.82 Å². The van der Waals surface area contributed by atoms with E-state index in [4.69, 9.17) is 0 Å². The van der Waals surface area contributed by atoms with Crippen LogP contribution in [-0.2, 0) is 25.9 Å². The summed E-state index contributed by atoms with van der Waals surface area (Å²) in [6.45, 7) is 14.7. The first-order chi connectivity index (χ1) is 13.8. The zero-order chi connectivity index (χ0) is 20.9. The number of hydrogen-bond acceptors (Lipinski definition) is 2. The SMILES string of the molecule is CC.CC.CC.Fc1ccc2c(c1)c1c(n2CCc2ccncc2)CCNC1. The summed E-state index contributed by atoms with van der Waals surface area (Å²) in [5.74, 6) is -0.160. The quantitative estimate of drug-likeness (QED) is 0.586. The van der Waals surface area contributed by atoms with Gasteiger partial charge in [-0.1, -0.05) is 41.5 Å². The van der Waals surface area contributed by atoms with Crippen molar-refractivity contribution in [2.45, 2.75) is 67.5 Å². The fourth-order valence-corrected chi connectivity index (χ4v) is 3.40. The molecule has 0 radical (unpaired) electrons. The van der Waals surface area contributed by atoms with Crippen molar-refractivity contribution >= 4 is 10.9 Å². The molecular formula is C24H36FN3. The lowest BCUT2D eigenvalue weighted by atomic mass is 10.1. The first kappa shape index (κ1) is 23.8. The van der Waals surface area contributed by atoms with Gasteiger partial charge >= 0.3 is 0 Å². The Morgan fingerprint density at radius 1 is 1.00 bits per heavy atom. The van der Waals surface area contributed by atoms with Crippen molar-refractivity contribution in [2.75, 3.05) is 6.54 Å². The predicted molar refractivity (Wildman–Crippen MR) is 119 cm³/mol. The van der Waals surface area contributed by atoms with Crippen LogP contribution >= 0.6 is 0 Å². The number of nitrogens with zero attached hydrogens (tertiary/aromatic N) is 2. The Morgan fingerprint density at radius 3 is 2.36 bits per heavy atom. The molecule has 0 fully saturated rings. The summed E-state index contributed by atoms with van der Waals surface area (Å²) < 4.78 is 16.0. The van der Waals surface area contributed by atoms with Crippen LogP contribution in [-0.4, -0.2) is 16.1 Å². The molecule has 3 heterocycles. The van der Waals surface area contributed by atoms with Crippen molar-refractivity contribution in [3.63, 3.8) is 0 Å². The number of halogens is 1. The Balaban J connectivity index is 0.000000599. The molecule has 1 N–H and O–H groups in total. The van der Waals surface area contributed by atoms with E-state index in [9.17, 15) is 4.39 Å². The van der Waals surface area contributed by atoms with Gasteiger partial charge in [-0.25, -0.2) is 4.39 Å². The molecule has 1 aliphatic heterocycles. The number of aromatic nitrogens is 2. The molecule has 2 aromatic heterocycles. The molecule has 4 rings (SSSR count).